The Balaban J connectivity index is 1.67. The number of benzene rings is 1. The number of aliphatic hydroxyl groups is 1. The molecule has 0 radical (unpaired) electrons. The van der Waals surface area contributed by atoms with Crippen LogP contribution in [0, 0.1) is 16.0 Å². The first-order valence-electron chi connectivity index (χ1n) is 7.70. The summed E-state index contributed by atoms with van der Waals surface area (Å²) in [5.74, 6) is 0.530. The molecule has 2 atom stereocenters. The first-order chi connectivity index (χ1) is 11.0. The minimum atomic E-state index is -0.645. The van der Waals surface area contributed by atoms with Gasteiger partial charge in [-0.15, -0.1) is 0 Å². The first kappa shape index (κ1) is 15.5. The SMILES string of the molecule is CC1Cc2ccccc2N(CC(O)Cn2cc([N+](=O)[O-])cn2)C1. The monoisotopic (exact) mass is 316 g/mol. The minimum absolute atomic E-state index is 0.0610. The van der Waals surface area contributed by atoms with Gasteiger partial charge in [0.15, 0.2) is 0 Å². The molecule has 0 saturated carbocycles. The maximum Gasteiger partial charge on any atom is 0.306 e. The lowest BCUT2D eigenvalue weighted by molar-refractivity contribution is -0.385. The molecule has 1 aromatic carbocycles. The molecular formula is C16H20N4O3. The fraction of sp³-hybridized carbons (Fsp3) is 0.438. The average molecular weight is 316 g/mol. The molecule has 0 saturated heterocycles. The molecule has 23 heavy (non-hydrogen) atoms. The fourth-order valence-corrected chi connectivity index (χ4v) is 3.15. The van der Waals surface area contributed by atoms with E-state index in [1.165, 1.54) is 22.6 Å². The van der Waals surface area contributed by atoms with Gasteiger partial charge in [0, 0.05) is 18.8 Å². The highest BCUT2D eigenvalue weighted by atomic mass is 16.6. The number of aromatic nitrogens is 2. The van der Waals surface area contributed by atoms with Crippen LogP contribution in [-0.4, -0.2) is 39.0 Å². The summed E-state index contributed by atoms with van der Waals surface area (Å²) in [4.78, 5) is 12.4. The Hall–Kier alpha value is -2.41. The van der Waals surface area contributed by atoms with Crippen molar-refractivity contribution in [1.29, 1.82) is 0 Å². The quantitative estimate of drug-likeness (QED) is 0.672. The molecule has 1 aromatic heterocycles. The molecule has 0 spiro atoms. The number of β-amino-alcohol motifs (C(OH)–C–C–N with tert-alkyl or cyclic N) is 1. The van der Waals surface area contributed by atoms with E-state index in [2.05, 4.69) is 29.1 Å². The van der Waals surface area contributed by atoms with Crippen LogP contribution < -0.4 is 4.90 Å². The summed E-state index contributed by atoms with van der Waals surface area (Å²) in [6, 6.07) is 8.24. The third-order valence-electron chi connectivity index (χ3n) is 4.09. The van der Waals surface area contributed by atoms with Crippen LogP contribution in [0.1, 0.15) is 12.5 Å². The molecule has 1 aliphatic heterocycles. The van der Waals surface area contributed by atoms with E-state index in [0.29, 0.717) is 12.5 Å². The van der Waals surface area contributed by atoms with Gasteiger partial charge in [-0.25, -0.2) is 0 Å². The summed E-state index contributed by atoms with van der Waals surface area (Å²) in [6.07, 6.45) is 2.95. The summed E-state index contributed by atoms with van der Waals surface area (Å²) in [7, 11) is 0. The largest absolute Gasteiger partial charge is 0.389 e. The fourth-order valence-electron chi connectivity index (χ4n) is 3.15. The van der Waals surface area contributed by atoms with Crippen molar-refractivity contribution in [3.05, 3.63) is 52.3 Å². The van der Waals surface area contributed by atoms with Crippen molar-refractivity contribution in [2.45, 2.75) is 26.0 Å². The Morgan fingerprint density at radius 3 is 2.96 bits per heavy atom. The predicted octanol–water partition coefficient (Wildman–Crippen LogP) is 1.85. The zero-order chi connectivity index (χ0) is 16.4. The smallest absolute Gasteiger partial charge is 0.306 e. The van der Waals surface area contributed by atoms with Gasteiger partial charge in [-0.2, -0.15) is 5.10 Å². The highest BCUT2D eigenvalue weighted by molar-refractivity contribution is 5.55. The molecule has 2 unspecified atom stereocenters. The molecule has 1 N–H and O–H groups in total. The van der Waals surface area contributed by atoms with Gasteiger partial charge in [-0.1, -0.05) is 25.1 Å². The third-order valence-corrected chi connectivity index (χ3v) is 4.09. The van der Waals surface area contributed by atoms with Gasteiger partial charge in [-0.3, -0.25) is 14.8 Å². The summed E-state index contributed by atoms with van der Waals surface area (Å²) < 4.78 is 1.42. The molecule has 2 aromatic rings. The van der Waals surface area contributed by atoms with E-state index in [0.717, 1.165) is 18.7 Å². The summed E-state index contributed by atoms with van der Waals surface area (Å²) >= 11 is 0. The molecule has 0 fully saturated rings. The molecule has 0 aliphatic carbocycles. The highest BCUT2D eigenvalue weighted by Gasteiger charge is 2.23. The van der Waals surface area contributed by atoms with Crippen molar-refractivity contribution in [2.75, 3.05) is 18.0 Å². The normalized spacial score (nSPS) is 18.5. The van der Waals surface area contributed by atoms with Crippen LogP contribution in [0.15, 0.2) is 36.7 Å². The first-order valence-corrected chi connectivity index (χ1v) is 7.70. The lowest BCUT2D eigenvalue weighted by atomic mass is 9.94. The number of hydrogen-bond donors (Lipinski definition) is 1. The predicted molar refractivity (Wildman–Crippen MR) is 86.4 cm³/mol. The Kier molecular flexibility index (Phi) is 4.29. The maximum absolute atomic E-state index is 10.7. The second-order valence-electron chi connectivity index (χ2n) is 6.17. The zero-order valence-electron chi connectivity index (χ0n) is 13.0. The van der Waals surface area contributed by atoms with E-state index in [9.17, 15) is 15.2 Å². The van der Waals surface area contributed by atoms with E-state index in [1.807, 2.05) is 12.1 Å². The molecule has 3 rings (SSSR count). The molecule has 1 aliphatic rings. The number of hydrogen-bond acceptors (Lipinski definition) is 5. The van der Waals surface area contributed by atoms with Gasteiger partial charge < -0.3 is 10.0 Å². The molecule has 122 valence electrons. The van der Waals surface area contributed by atoms with Crippen molar-refractivity contribution in [3.63, 3.8) is 0 Å². The van der Waals surface area contributed by atoms with Crippen molar-refractivity contribution in [1.82, 2.24) is 9.78 Å². The van der Waals surface area contributed by atoms with Crippen LogP contribution in [0.4, 0.5) is 11.4 Å². The van der Waals surface area contributed by atoms with Gasteiger partial charge in [0.25, 0.3) is 0 Å². The lowest BCUT2D eigenvalue weighted by Gasteiger charge is -2.36. The Morgan fingerprint density at radius 2 is 2.22 bits per heavy atom. The number of para-hydroxylation sites is 1. The number of fused-ring (bicyclic) bond motifs is 1. The van der Waals surface area contributed by atoms with E-state index < -0.39 is 11.0 Å². The third kappa shape index (κ3) is 3.50. The Labute approximate surface area is 134 Å². The Bertz CT molecular complexity index is 700. The van der Waals surface area contributed by atoms with E-state index in [-0.39, 0.29) is 12.2 Å². The molecule has 2 heterocycles. The number of rotatable bonds is 5. The van der Waals surface area contributed by atoms with Crippen molar-refractivity contribution >= 4 is 11.4 Å². The van der Waals surface area contributed by atoms with Crippen LogP contribution in [0.3, 0.4) is 0 Å². The van der Waals surface area contributed by atoms with Crippen molar-refractivity contribution < 1.29 is 10.0 Å². The Morgan fingerprint density at radius 1 is 1.43 bits per heavy atom. The average Bonchev–Trinajstić information content (AvgIpc) is 2.95. The highest BCUT2D eigenvalue weighted by Crippen LogP contribution is 2.29. The van der Waals surface area contributed by atoms with Gasteiger partial charge in [0.1, 0.15) is 12.4 Å². The number of aliphatic hydroxyl groups excluding tert-OH is 1. The second-order valence-corrected chi connectivity index (χ2v) is 6.17. The van der Waals surface area contributed by atoms with Crippen LogP contribution >= 0.6 is 0 Å². The minimum Gasteiger partial charge on any atom is -0.389 e. The van der Waals surface area contributed by atoms with E-state index >= 15 is 0 Å². The summed E-state index contributed by atoms with van der Waals surface area (Å²) in [5, 5.41) is 24.9. The maximum atomic E-state index is 10.7. The van der Waals surface area contributed by atoms with Gasteiger partial charge in [0.2, 0.25) is 0 Å². The number of anilines is 1. The van der Waals surface area contributed by atoms with Crippen molar-refractivity contribution in [2.24, 2.45) is 5.92 Å². The number of nitro groups is 1. The summed E-state index contributed by atoms with van der Waals surface area (Å²) in [6.45, 7) is 3.81. The van der Waals surface area contributed by atoms with Gasteiger partial charge >= 0.3 is 5.69 Å². The van der Waals surface area contributed by atoms with Crippen LogP contribution in [-0.2, 0) is 13.0 Å². The van der Waals surface area contributed by atoms with Crippen molar-refractivity contribution in [3.8, 4) is 0 Å². The molecule has 0 amide bonds. The molecule has 7 nitrogen and oxygen atoms in total. The standard InChI is InChI=1S/C16H20N4O3/c1-12-6-13-4-2-3-5-16(13)18(8-12)10-15(21)11-19-9-14(7-17-19)20(22)23/h2-5,7,9,12,15,21H,6,8,10-11H2,1H3. The van der Waals surface area contributed by atoms with Crippen LogP contribution in [0.25, 0.3) is 0 Å². The lowest BCUT2D eigenvalue weighted by Crippen LogP contribution is -2.40. The molecule has 0 bridgehead atoms. The van der Waals surface area contributed by atoms with E-state index in [1.54, 1.807) is 0 Å². The topological polar surface area (TPSA) is 84.4 Å². The van der Waals surface area contributed by atoms with Crippen LogP contribution in [0.2, 0.25) is 0 Å². The second kappa shape index (κ2) is 6.37. The molecular weight excluding hydrogens is 296 g/mol. The van der Waals surface area contributed by atoms with Gasteiger partial charge in [0.05, 0.1) is 17.6 Å². The zero-order valence-corrected chi connectivity index (χ0v) is 13.0. The molecule has 7 heteroatoms. The van der Waals surface area contributed by atoms with Gasteiger partial charge in [-0.05, 0) is 24.0 Å². The number of nitrogens with zero attached hydrogens (tertiary/aromatic N) is 4. The van der Waals surface area contributed by atoms with Crippen LogP contribution in [0.5, 0.6) is 0 Å². The van der Waals surface area contributed by atoms with E-state index in [4.69, 9.17) is 0 Å². The summed E-state index contributed by atoms with van der Waals surface area (Å²) in [5.41, 5.74) is 2.40.